The van der Waals surface area contributed by atoms with E-state index >= 15 is 0 Å². The zero-order chi connectivity index (χ0) is 30.1. The number of carbonyl (C=O) groups is 2. The quantitative estimate of drug-likeness (QED) is 0.191. The van der Waals surface area contributed by atoms with E-state index in [2.05, 4.69) is 26.6 Å². The standard InChI is InChI=1S/C27H31N6O9P/c1-15(26(34)37-17-9-5-3-6-10-17)32-43(36,42-18-11-7-4-8-12-18)41-16(2)20-21-22(40-27(35)39-21)25(38-20)33-14-31-19-23(28)29-13-30-24(19)33/h4,7-8,11-15,17,20-22,25H,2-3,5-6,9-10H2,1H3,(H,32,36)(H2,28,29,30)/t15-,20+,21+,22+,25+,43?/m0/s1. The van der Waals surface area contributed by atoms with Crippen LogP contribution >= 0.6 is 7.75 Å². The van der Waals surface area contributed by atoms with Gasteiger partial charge in [0.25, 0.3) is 0 Å². The lowest BCUT2D eigenvalue weighted by atomic mass is 9.98. The zero-order valence-corrected chi connectivity index (χ0v) is 24.1. The Morgan fingerprint density at radius 3 is 2.65 bits per heavy atom. The van der Waals surface area contributed by atoms with Crippen molar-refractivity contribution in [2.45, 2.75) is 75.7 Å². The van der Waals surface area contributed by atoms with Crippen molar-refractivity contribution in [2.75, 3.05) is 5.73 Å². The molecule has 16 heteroatoms. The lowest BCUT2D eigenvalue weighted by molar-refractivity contribution is -0.152. The van der Waals surface area contributed by atoms with Crippen LogP contribution in [0.1, 0.15) is 45.3 Å². The molecule has 1 saturated carbocycles. The highest BCUT2D eigenvalue weighted by Gasteiger charge is 2.57. The van der Waals surface area contributed by atoms with Gasteiger partial charge in [-0.2, -0.15) is 5.09 Å². The molecule has 1 aromatic carbocycles. The third-order valence-corrected chi connectivity index (χ3v) is 9.01. The van der Waals surface area contributed by atoms with Crippen LogP contribution in [0, 0.1) is 0 Å². The first-order valence-electron chi connectivity index (χ1n) is 13.9. The first-order valence-corrected chi connectivity index (χ1v) is 15.4. The maximum Gasteiger partial charge on any atom is 0.513 e. The average Bonchev–Trinajstić information content (AvgIpc) is 3.67. The molecule has 3 N–H and O–H groups in total. The van der Waals surface area contributed by atoms with E-state index in [-0.39, 0.29) is 23.4 Å². The molecule has 2 aromatic heterocycles. The zero-order valence-electron chi connectivity index (χ0n) is 23.2. The molecule has 0 amide bonds. The van der Waals surface area contributed by atoms with Gasteiger partial charge in [0.15, 0.2) is 36.0 Å². The van der Waals surface area contributed by atoms with Gasteiger partial charge in [0, 0.05) is 0 Å². The third kappa shape index (κ3) is 6.01. The number of nitrogens with two attached hydrogens (primary N) is 1. The van der Waals surface area contributed by atoms with Gasteiger partial charge in [-0.3, -0.25) is 9.36 Å². The molecule has 4 heterocycles. The summed E-state index contributed by atoms with van der Waals surface area (Å²) in [7, 11) is -4.36. The van der Waals surface area contributed by atoms with E-state index in [4.69, 9.17) is 33.7 Å². The minimum absolute atomic E-state index is 0.156. The first-order chi connectivity index (χ1) is 20.7. The summed E-state index contributed by atoms with van der Waals surface area (Å²) in [4.78, 5) is 37.5. The van der Waals surface area contributed by atoms with Gasteiger partial charge in [-0.05, 0) is 44.7 Å². The van der Waals surface area contributed by atoms with Crippen molar-refractivity contribution in [1.82, 2.24) is 24.6 Å². The molecule has 2 saturated heterocycles. The molecule has 3 aromatic rings. The molecule has 0 spiro atoms. The number of rotatable bonds is 10. The number of benzene rings is 1. The van der Waals surface area contributed by atoms with Crippen LogP contribution in [0.15, 0.2) is 55.3 Å². The Morgan fingerprint density at radius 2 is 1.88 bits per heavy atom. The summed E-state index contributed by atoms with van der Waals surface area (Å²) < 4.78 is 49.9. The minimum Gasteiger partial charge on any atom is -0.461 e. The molecular formula is C27H31N6O9P. The number of para-hydroxylation sites is 1. The van der Waals surface area contributed by atoms with Crippen molar-refractivity contribution in [2.24, 2.45) is 0 Å². The second kappa shape index (κ2) is 11.8. The number of hydrogen-bond donors (Lipinski definition) is 2. The van der Waals surface area contributed by atoms with Gasteiger partial charge in [0.2, 0.25) is 0 Å². The lowest BCUT2D eigenvalue weighted by Gasteiger charge is -2.27. The van der Waals surface area contributed by atoms with Crippen LogP contribution in [0.4, 0.5) is 10.6 Å². The van der Waals surface area contributed by atoms with Crippen LogP contribution < -0.4 is 15.3 Å². The molecule has 1 unspecified atom stereocenters. The van der Waals surface area contributed by atoms with Crippen LogP contribution in [0.3, 0.4) is 0 Å². The molecular weight excluding hydrogens is 583 g/mol. The van der Waals surface area contributed by atoms with E-state index in [1.54, 1.807) is 30.3 Å². The van der Waals surface area contributed by atoms with Crippen molar-refractivity contribution < 1.29 is 42.1 Å². The number of anilines is 1. The second-order valence-corrected chi connectivity index (χ2v) is 12.1. The van der Waals surface area contributed by atoms with E-state index in [0.29, 0.717) is 11.2 Å². The van der Waals surface area contributed by atoms with Crippen molar-refractivity contribution in [3.05, 3.63) is 55.3 Å². The number of carbonyl (C=O) groups excluding carboxylic acids is 2. The molecule has 15 nitrogen and oxygen atoms in total. The largest absolute Gasteiger partial charge is 0.513 e. The molecule has 43 heavy (non-hydrogen) atoms. The predicted octanol–water partition coefficient (Wildman–Crippen LogP) is 3.78. The van der Waals surface area contributed by atoms with E-state index in [1.807, 2.05) is 0 Å². The second-order valence-electron chi connectivity index (χ2n) is 10.5. The molecule has 228 valence electrons. The third-order valence-electron chi connectivity index (χ3n) is 7.38. The van der Waals surface area contributed by atoms with Gasteiger partial charge in [-0.1, -0.05) is 31.2 Å². The van der Waals surface area contributed by atoms with Crippen molar-refractivity contribution >= 4 is 36.9 Å². The Labute approximate surface area is 246 Å². The summed E-state index contributed by atoms with van der Waals surface area (Å²) in [5.74, 6) is -0.432. The van der Waals surface area contributed by atoms with Crippen molar-refractivity contribution in [3.8, 4) is 5.75 Å². The molecule has 0 radical (unpaired) electrons. The lowest BCUT2D eigenvalue weighted by Crippen LogP contribution is -2.38. The number of aromatic nitrogens is 4. The van der Waals surface area contributed by atoms with Gasteiger partial charge < -0.3 is 33.7 Å². The molecule has 1 aliphatic carbocycles. The average molecular weight is 615 g/mol. The SMILES string of the molecule is C=C(OP(=O)(N[C@@H](C)C(=O)OC1CCCCC1)Oc1ccccc1)[C@H]1O[C@@H](n2cnc3c(N)ncnc32)[C@@H]2OC(=O)O[C@@H]21. The molecule has 3 fully saturated rings. The maximum absolute atomic E-state index is 14.2. The fraction of sp³-hybridized carbons (Fsp3) is 0.444. The predicted molar refractivity (Wildman–Crippen MR) is 149 cm³/mol. The number of fused-ring (bicyclic) bond motifs is 2. The van der Waals surface area contributed by atoms with Crippen molar-refractivity contribution in [1.29, 1.82) is 0 Å². The maximum atomic E-state index is 14.2. The minimum atomic E-state index is -4.36. The first kappa shape index (κ1) is 28.9. The van der Waals surface area contributed by atoms with Gasteiger partial charge in [0.05, 0.1) is 6.33 Å². The number of nitrogen functional groups attached to an aromatic ring is 1. The highest BCUT2D eigenvalue weighted by molar-refractivity contribution is 7.52. The Hall–Kier alpha value is -4.20. The molecule has 3 aliphatic rings. The topological polar surface area (TPSA) is 188 Å². The van der Waals surface area contributed by atoms with Crippen LogP contribution in [0.25, 0.3) is 11.2 Å². The number of esters is 1. The number of hydrogen-bond acceptors (Lipinski definition) is 13. The molecule has 6 rings (SSSR count). The molecule has 6 atom stereocenters. The summed E-state index contributed by atoms with van der Waals surface area (Å²) in [6.07, 6.45) is 2.04. The van der Waals surface area contributed by atoms with E-state index in [9.17, 15) is 14.2 Å². The summed E-state index contributed by atoms with van der Waals surface area (Å²) in [5.41, 5.74) is 6.58. The van der Waals surface area contributed by atoms with Gasteiger partial charge in [0.1, 0.15) is 35.5 Å². The molecule has 0 bridgehead atoms. The Bertz CT molecular complexity index is 1560. The van der Waals surface area contributed by atoms with Crippen LogP contribution in [0.2, 0.25) is 0 Å². The number of nitrogens with one attached hydrogen (secondary N) is 1. The van der Waals surface area contributed by atoms with E-state index in [0.717, 1.165) is 32.1 Å². The summed E-state index contributed by atoms with van der Waals surface area (Å²) in [6, 6.07) is 7.22. The van der Waals surface area contributed by atoms with Crippen molar-refractivity contribution in [3.63, 3.8) is 0 Å². The summed E-state index contributed by atoms with van der Waals surface area (Å²) >= 11 is 0. The fourth-order valence-electron chi connectivity index (χ4n) is 5.32. The molecule has 2 aliphatic heterocycles. The van der Waals surface area contributed by atoms with Gasteiger partial charge >= 0.3 is 19.9 Å². The fourth-order valence-corrected chi connectivity index (χ4v) is 6.85. The Kier molecular flexibility index (Phi) is 7.95. The van der Waals surface area contributed by atoms with Crippen LogP contribution in [-0.2, 0) is 32.8 Å². The summed E-state index contributed by atoms with van der Waals surface area (Å²) in [5, 5.41) is 2.66. The highest BCUT2D eigenvalue weighted by Crippen LogP contribution is 2.50. The number of ether oxygens (including phenoxy) is 4. The monoisotopic (exact) mass is 614 g/mol. The Balaban J connectivity index is 1.22. The highest BCUT2D eigenvalue weighted by atomic mass is 31.2. The van der Waals surface area contributed by atoms with Gasteiger partial charge in [-0.15, -0.1) is 0 Å². The van der Waals surface area contributed by atoms with E-state index < -0.39 is 50.5 Å². The number of nitrogens with zero attached hydrogens (tertiary/aromatic N) is 4. The van der Waals surface area contributed by atoms with E-state index in [1.165, 1.54) is 24.1 Å². The normalized spacial score (nSPS) is 25.7. The summed E-state index contributed by atoms with van der Waals surface area (Å²) in [6.45, 7) is 5.41. The van der Waals surface area contributed by atoms with Gasteiger partial charge in [-0.25, -0.2) is 24.3 Å². The number of imidazole rings is 1. The van der Waals surface area contributed by atoms with Crippen LogP contribution in [-0.4, -0.2) is 62.1 Å². The smallest absolute Gasteiger partial charge is 0.461 e. The van der Waals surface area contributed by atoms with Crippen LogP contribution in [0.5, 0.6) is 5.75 Å². The Morgan fingerprint density at radius 1 is 1.14 bits per heavy atom.